The highest BCUT2D eigenvalue weighted by atomic mass is 19.2. The van der Waals surface area contributed by atoms with Gasteiger partial charge in [0.05, 0.1) is 0 Å². The molecule has 184 valence electrons. The van der Waals surface area contributed by atoms with Crippen LogP contribution < -0.4 is 5.32 Å². The molecular formula is C26H22F5NO3. The first-order chi connectivity index (χ1) is 16.5. The monoisotopic (exact) mass is 491 g/mol. The number of aliphatic hydroxyl groups is 1. The van der Waals surface area contributed by atoms with Crippen molar-refractivity contribution in [3.63, 3.8) is 0 Å². The number of hydrogen-bond donors (Lipinski definition) is 3. The van der Waals surface area contributed by atoms with E-state index in [4.69, 9.17) is 0 Å². The van der Waals surface area contributed by atoms with E-state index in [2.05, 4.69) is 0 Å². The van der Waals surface area contributed by atoms with E-state index in [-0.39, 0.29) is 11.3 Å². The van der Waals surface area contributed by atoms with Crippen LogP contribution in [0.4, 0.5) is 27.6 Å². The minimum absolute atomic E-state index is 0.151. The van der Waals surface area contributed by atoms with E-state index in [1.54, 1.807) is 24.3 Å². The van der Waals surface area contributed by atoms with E-state index in [9.17, 15) is 37.0 Å². The second-order valence-electron chi connectivity index (χ2n) is 7.34. The summed E-state index contributed by atoms with van der Waals surface area (Å²) in [6, 6.07) is 9.45. The molecule has 0 bridgehead atoms. The van der Waals surface area contributed by atoms with Crippen LogP contribution in [-0.2, 0) is 11.2 Å². The Morgan fingerprint density at radius 1 is 0.914 bits per heavy atom. The Bertz CT molecular complexity index is 1230. The Kier molecular flexibility index (Phi) is 9.57. The summed E-state index contributed by atoms with van der Waals surface area (Å²) >= 11 is 0. The number of carbonyl (C=O) groups is 1. The van der Waals surface area contributed by atoms with Gasteiger partial charge in [-0.3, -0.25) is 4.79 Å². The van der Waals surface area contributed by atoms with Crippen LogP contribution in [0.5, 0.6) is 5.75 Å². The summed E-state index contributed by atoms with van der Waals surface area (Å²) in [5.41, 5.74) is 1.11. The first kappa shape index (κ1) is 27.1. The number of hydrogen-bond acceptors (Lipinski definition) is 3. The average molecular weight is 491 g/mol. The number of aryl methyl sites for hydroxylation is 1. The minimum Gasteiger partial charge on any atom is -0.508 e. The van der Waals surface area contributed by atoms with Gasteiger partial charge in [-0.15, -0.1) is 0 Å². The second kappa shape index (κ2) is 12.4. The molecule has 0 radical (unpaired) electrons. The number of anilines is 1. The fraction of sp³-hybridized carbons (Fsp3) is 0.115. The predicted molar refractivity (Wildman–Crippen MR) is 122 cm³/mol. The van der Waals surface area contributed by atoms with Gasteiger partial charge in [0.1, 0.15) is 40.5 Å². The Morgan fingerprint density at radius 2 is 1.51 bits per heavy atom. The van der Waals surface area contributed by atoms with E-state index in [0.29, 0.717) is 18.6 Å². The number of allylic oxidation sites excluding steroid dienone is 3. The van der Waals surface area contributed by atoms with Gasteiger partial charge in [0.2, 0.25) is 0 Å². The molecule has 0 atom stereocenters. The van der Waals surface area contributed by atoms with Crippen molar-refractivity contribution in [2.75, 3.05) is 5.32 Å². The van der Waals surface area contributed by atoms with Gasteiger partial charge in [-0.2, -0.15) is 0 Å². The molecule has 0 aliphatic heterocycles. The summed E-state index contributed by atoms with van der Waals surface area (Å²) in [5, 5.41) is 21.1. The number of carbonyl (C=O) groups excluding carboxylic acids is 1. The number of benzene rings is 3. The summed E-state index contributed by atoms with van der Waals surface area (Å²) in [7, 11) is 0. The number of halogens is 5. The smallest absolute Gasteiger partial charge is 0.290 e. The Labute approximate surface area is 198 Å². The van der Waals surface area contributed by atoms with Crippen molar-refractivity contribution in [2.24, 2.45) is 0 Å². The van der Waals surface area contributed by atoms with Gasteiger partial charge in [-0.05, 0) is 61.7 Å². The number of nitrogens with one attached hydrogen (secondary N) is 1. The van der Waals surface area contributed by atoms with Crippen molar-refractivity contribution in [2.45, 2.75) is 20.3 Å². The van der Waals surface area contributed by atoms with Gasteiger partial charge in [0.25, 0.3) is 5.91 Å². The van der Waals surface area contributed by atoms with Gasteiger partial charge in [0, 0.05) is 17.7 Å². The molecule has 0 saturated carbocycles. The number of para-hydroxylation sites is 1. The Balaban J connectivity index is 0.000000360. The van der Waals surface area contributed by atoms with Crippen LogP contribution in [0, 0.1) is 42.9 Å². The lowest BCUT2D eigenvalue weighted by molar-refractivity contribution is -0.115. The van der Waals surface area contributed by atoms with Crippen LogP contribution in [0.25, 0.3) is 0 Å². The van der Waals surface area contributed by atoms with Gasteiger partial charge < -0.3 is 15.5 Å². The quantitative estimate of drug-likeness (QED) is 0.164. The molecule has 0 heterocycles. The Morgan fingerprint density at radius 3 is 2.11 bits per heavy atom. The van der Waals surface area contributed by atoms with Crippen LogP contribution in [0.2, 0.25) is 0 Å². The number of amides is 1. The third-order valence-corrected chi connectivity index (χ3v) is 4.74. The zero-order chi connectivity index (χ0) is 26.1. The lowest BCUT2D eigenvalue weighted by atomic mass is 10.1. The van der Waals surface area contributed by atoms with Gasteiger partial charge >= 0.3 is 0 Å². The molecule has 0 aliphatic carbocycles. The summed E-state index contributed by atoms with van der Waals surface area (Å²) in [4.78, 5) is 11.8. The lowest BCUT2D eigenvalue weighted by Crippen LogP contribution is -2.16. The maximum Gasteiger partial charge on any atom is 0.290 e. The van der Waals surface area contributed by atoms with Crippen LogP contribution in [0.1, 0.15) is 16.7 Å². The molecule has 0 unspecified atom stereocenters. The molecule has 0 spiro atoms. The van der Waals surface area contributed by atoms with Gasteiger partial charge in [-0.1, -0.05) is 24.3 Å². The van der Waals surface area contributed by atoms with Gasteiger partial charge in [-0.25, -0.2) is 22.0 Å². The number of phenolic OH excluding ortho intramolecular Hbond substituents is 1. The summed E-state index contributed by atoms with van der Waals surface area (Å²) in [6.45, 7) is 3.15. The average Bonchev–Trinajstić information content (AvgIpc) is 2.79. The molecule has 35 heavy (non-hydrogen) atoms. The van der Waals surface area contributed by atoms with Gasteiger partial charge in [0.15, 0.2) is 5.76 Å². The highest BCUT2D eigenvalue weighted by Crippen LogP contribution is 2.19. The first-order valence-electron chi connectivity index (χ1n) is 10.2. The predicted octanol–water partition coefficient (Wildman–Crippen LogP) is 6.57. The number of aliphatic hydroxyl groups excluding tert-OH is 1. The van der Waals surface area contributed by atoms with Crippen molar-refractivity contribution < 1.29 is 37.0 Å². The standard InChI is InChI=1S/C19H17F2NO3.C7H5F3/c1-12-9-10-14(23)11-13(12)5-2-3-8-17(24)19(25)22-18-15(20)6-4-7-16(18)21;1-4-6(9)2-5(8)3-7(4)10/h2-4,6-11,23-24H,5H2,1H3,(H,22,25);2-3H,1H3/b3-2+,17-8-;. The third kappa shape index (κ3) is 7.99. The van der Waals surface area contributed by atoms with E-state index >= 15 is 0 Å². The molecule has 1 amide bonds. The molecule has 0 aromatic heterocycles. The van der Waals surface area contributed by atoms with E-state index < -0.39 is 46.4 Å². The number of rotatable bonds is 5. The SMILES string of the molecule is Cc1c(F)cc(F)cc1F.Cc1ccc(O)cc1C/C=C/C=C(\O)C(=O)Nc1c(F)cccc1F. The molecule has 9 heteroatoms. The molecule has 0 fully saturated rings. The molecule has 3 aromatic rings. The lowest BCUT2D eigenvalue weighted by Gasteiger charge is -2.06. The van der Waals surface area contributed by atoms with Crippen molar-refractivity contribution >= 4 is 11.6 Å². The van der Waals surface area contributed by atoms with Crippen LogP contribution in [0.3, 0.4) is 0 Å². The topological polar surface area (TPSA) is 69.6 Å². The van der Waals surface area contributed by atoms with E-state index in [0.717, 1.165) is 29.3 Å². The van der Waals surface area contributed by atoms with E-state index in [1.165, 1.54) is 19.1 Å². The molecule has 3 N–H and O–H groups in total. The zero-order valence-corrected chi connectivity index (χ0v) is 18.8. The first-order valence-corrected chi connectivity index (χ1v) is 10.2. The highest BCUT2D eigenvalue weighted by Gasteiger charge is 2.14. The Hall–Kier alpha value is -4.14. The van der Waals surface area contributed by atoms with Crippen molar-refractivity contribution in [3.05, 3.63) is 118 Å². The van der Waals surface area contributed by atoms with E-state index in [1.807, 2.05) is 12.2 Å². The molecular weight excluding hydrogens is 469 g/mol. The van der Waals surface area contributed by atoms with Crippen LogP contribution in [-0.4, -0.2) is 16.1 Å². The third-order valence-electron chi connectivity index (χ3n) is 4.74. The maximum absolute atomic E-state index is 13.4. The van der Waals surface area contributed by atoms with Crippen molar-refractivity contribution in [1.29, 1.82) is 0 Å². The maximum atomic E-state index is 13.4. The molecule has 4 nitrogen and oxygen atoms in total. The summed E-state index contributed by atoms with van der Waals surface area (Å²) in [6.07, 6.45) is 4.71. The molecule has 3 aromatic carbocycles. The highest BCUT2D eigenvalue weighted by molar-refractivity contribution is 6.02. The largest absolute Gasteiger partial charge is 0.508 e. The second-order valence-corrected chi connectivity index (χ2v) is 7.34. The van der Waals surface area contributed by atoms with Crippen molar-refractivity contribution in [1.82, 2.24) is 0 Å². The fourth-order valence-corrected chi connectivity index (χ4v) is 2.72. The normalized spacial score (nSPS) is 11.2. The van der Waals surface area contributed by atoms with Crippen LogP contribution in [0.15, 0.2) is 72.5 Å². The number of phenols is 1. The molecule has 3 rings (SSSR count). The summed E-state index contributed by atoms with van der Waals surface area (Å²) < 4.78 is 63.7. The molecule has 0 saturated heterocycles. The minimum atomic E-state index is -1.03. The van der Waals surface area contributed by atoms with Crippen molar-refractivity contribution in [3.8, 4) is 5.75 Å². The zero-order valence-electron chi connectivity index (χ0n) is 18.8. The molecule has 0 aliphatic rings. The number of aromatic hydroxyl groups is 1. The van der Waals surface area contributed by atoms with Crippen LogP contribution >= 0.6 is 0 Å². The fourth-order valence-electron chi connectivity index (χ4n) is 2.72. The summed E-state index contributed by atoms with van der Waals surface area (Å²) in [5.74, 6) is -6.02.